The summed E-state index contributed by atoms with van der Waals surface area (Å²) in [6, 6.07) is 51.5. The van der Waals surface area contributed by atoms with Gasteiger partial charge in [0.15, 0.2) is 6.17 Å². The van der Waals surface area contributed by atoms with Crippen molar-refractivity contribution in [1.29, 1.82) is 0 Å². The number of pyridine rings is 1. The minimum atomic E-state index is -1.35. The van der Waals surface area contributed by atoms with Gasteiger partial charge in [-0.3, -0.25) is 4.90 Å². The van der Waals surface area contributed by atoms with Crippen LogP contribution in [-0.2, 0) is 12.5 Å². The van der Waals surface area contributed by atoms with E-state index < -0.39 is 6.17 Å². The number of rotatable bonds is 5. The zero-order valence-electron chi connectivity index (χ0n) is 29.7. The third-order valence-electron chi connectivity index (χ3n) is 11.0. The Bertz CT molecular complexity index is 2870. The molecule has 3 aromatic heterocycles. The molecule has 0 aliphatic carbocycles. The highest BCUT2D eigenvalue weighted by Gasteiger charge is 2.40. The van der Waals surface area contributed by atoms with Gasteiger partial charge in [-0.15, -0.1) is 0 Å². The largest absolute Gasteiger partial charge is 0.327 e. The van der Waals surface area contributed by atoms with E-state index in [0.29, 0.717) is 11.1 Å². The Morgan fingerprint density at radius 3 is 2.19 bits per heavy atom. The van der Waals surface area contributed by atoms with Crippen molar-refractivity contribution in [3.05, 3.63) is 180 Å². The minimum Gasteiger partial charge on any atom is -0.327 e. The number of nitrogens with zero attached hydrogens (tertiary/aromatic N) is 5. The summed E-state index contributed by atoms with van der Waals surface area (Å²) in [6.45, 7) is 4.59. The van der Waals surface area contributed by atoms with Gasteiger partial charge < -0.3 is 9.13 Å². The normalized spacial score (nSPS) is 14.1. The summed E-state index contributed by atoms with van der Waals surface area (Å²) in [5, 5.41) is 2.41. The Labute approximate surface area is 307 Å². The minimum absolute atomic E-state index is 0.378. The van der Waals surface area contributed by atoms with Crippen molar-refractivity contribution in [2.75, 3.05) is 4.90 Å². The van der Waals surface area contributed by atoms with Gasteiger partial charge in [-0.25, -0.2) is 14.4 Å². The van der Waals surface area contributed by atoms with Crippen LogP contribution >= 0.6 is 0 Å². The fourth-order valence-corrected chi connectivity index (χ4v) is 8.55. The molecule has 1 aliphatic heterocycles. The van der Waals surface area contributed by atoms with E-state index in [0.717, 1.165) is 61.9 Å². The van der Waals surface area contributed by atoms with Crippen molar-refractivity contribution in [2.24, 2.45) is 7.05 Å². The average Bonchev–Trinajstić information content (AvgIpc) is 3.72. The second kappa shape index (κ2) is 11.8. The first-order valence-corrected chi connectivity index (χ1v) is 18.0. The molecule has 10 rings (SSSR count). The molecular weight excluding hydrogens is 654 g/mol. The quantitative estimate of drug-likeness (QED) is 0.181. The van der Waals surface area contributed by atoms with Crippen LogP contribution in [0.25, 0.3) is 49.9 Å². The maximum Gasteiger partial charge on any atom is 0.150 e. The number of aromatic nitrogens is 4. The molecule has 0 bridgehead atoms. The Hall–Kier alpha value is -6.53. The van der Waals surface area contributed by atoms with E-state index in [1.54, 1.807) is 0 Å². The molecule has 53 heavy (non-hydrogen) atoms. The number of halogens is 1. The second-order valence-corrected chi connectivity index (χ2v) is 14.4. The third-order valence-corrected chi connectivity index (χ3v) is 11.0. The summed E-state index contributed by atoms with van der Waals surface area (Å²) in [6.07, 6.45) is 0.501. The van der Waals surface area contributed by atoms with Gasteiger partial charge in [0.05, 0.1) is 27.8 Å². The lowest BCUT2D eigenvalue weighted by molar-refractivity contribution is 0.402. The van der Waals surface area contributed by atoms with Crippen molar-refractivity contribution in [2.45, 2.75) is 25.4 Å². The number of para-hydroxylation sites is 4. The summed E-state index contributed by atoms with van der Waals surface area (Å²) in [7, 11) is 2.00. The molecule has 4 heterocycles. The second-order valence-electron chi connectivity index (χ2n) is 14.4. The molecule has 1 atom stereocenters. The topological polar surface area (TPSA) is 38.9 Å². The number of alkyl halides is 1. The molecule has 1 aliphatic rings. The molecule has 5 nitrogen and oxygen atoms in total. The van der Waals surface area contributed by atoms with E-state index in [9.17, 15) is 0 Å². The highest BCUT2D eigenvalue weighted by molar-refractivity contribution is 6.14. The van der Waals surface area contributed by atoms with Crippen molar-refractivity contribution < 1.29 is 4.39 Å². The van der Waals surface area contributed by atoms with Crippen LogP contribution < -0.4 is 4.90 Å². The first-order chi connectivity index (χ1) is 25.9. The zero-order valence-corrected chi connectivity index (χ0v) is 29.7. The predicted molar refractivity (Wildman–Crippen MR) is 214 cm³/mol. The van der Waals surface area contributed by atoms with Crippen LogP contribution in [0.2, 0.25) is 0 Å². The molecule has 0 spiro atoms. The average molecular weight is 690 g/mol. The van der Waals surface area contributed by atoms with Gasteiger partial charge in [-0.1, -0.05) is 98.8 Å². The SMILES string of the molecule is Cn1c(-c2cccc(C(F)c3cccc(N4c5ccc6c(c5C(C)(C)c5cccnc54)c4ccccc4n6-c4ccccc4)c3)c2)nc2ccccc21. The number of hydrogen-bond acceptors (Lipinski definition) is 3. The van der Waals surface area contributed by atoms with Crippen molar-refractivity contribution >= 4 is 50.0 Å². The monoisotopic (exact) mass is 689 g/mol. The molecule has 0 saturated carbocycles. The van der Waals surface area contributed by atoms with Crippen LogP contribution in [0.3, 0.4) is 0 Å². The summed E-state index contributed by atoms with van der Waals surface area (Å²) in [5.41, 5.74) is 11.3. The van der Waals surface area contributed by atoms with Crippen LogP contribution in [0.5, 0.6) is 0 Å². The lowest BCUT2D eigenvalue weighted by atomic mass is 9.73. The molecule has 0 radical (unpaired) electrons. The number of anilines is 3. The van der Waals surface area contributed by atoms with Crippen LogP contribution in [0.1, 0.15) is 42.3 Å². The van der Waals surface area contributed by atoms with Crippen LogP contribution in [0.15, 0.2) is 158 Å². The van der Waals surface area contributed by atoms with Crippen molar-refractivity contribution in [3.63, 3.8) is 0 Å². The van der Waals surface area contributed by atoms with E-state index >= 15 is 4.39 Å². The first kappa shape index (κ1) is 31.2. The maximum atomic E-state index is 16.8. The number of imidazole rings is 1. The summed E-state index contributed by atoms with van der Waals surface area (Å²) >= 11 is 0. The summed E-state index contributed by atoms with van der Waals surface area (Å²) in [5.74, 6) is 1.66. The molecular formula is C47H36FN5. The molecule has 6 aromatic carbocycles. The fourth-order valence-electron chi connectivity index (χ4n) is 8.55. The highest BCUT2D eigenvalue weighted by Crippen LogP contribution is 2.55. The number of hydrogen-bond donors (Lipinski definition) is 0. The zero-order chi connectivity index (χ0) is 35.8. The lowest BCUT2D eigenvalue weighted by Crippen LogP contribution is -2.31. The molecule has 256 valence electrons. The van der Waals surface area contributed by atoms with Crippen LogP contribution in [0, 0.1) is 0 Å². The molecule has 0 saturated heterocycles. The van der Waals surface area contributed by atoms with Crippen molar-refractivity contribution in [3.8, 4) is 17.1 Å². The highest BCUT2D eigenvalue weighted by atomic mass is 19.1. The van der Waals surface area contributed by atoms with Gasteiger partial charge in [0.1, 0.15) is 11.6 Å². The van der Waals surface area contributed by atoms with E-state index in [2.05, 4.69) is 113 Å². The number of benzene rings is 6. The standard InChI is InChI=1S/C47H36FN5/c1-47(2)36-21-13-27-49-46(36)53(41-26-25-40-42(43(41)47)35-20-7-9-23-38(35)52(40)33-17-5-4-6-18-33)34-19-12-15-31(29-34)44(48)30-14-11-16-32(28-30)45-50-37-22-8-10-24-39(37)51(45)3/h4-29,44H,1-3H3. The molecule has 0 fully saturated rings. The van der Waals surface area contributed by atoms with Gasteiger partial charge in [-0.2, -0.15) is 0 Å². The maximum absolute atomic E-state index is 16.8. The lowest BCUT2D eigenvalue weighted by Gasteiger charge is -2.41. The van der Waals surface area contributed by atoms with Gasteiger partial charge >= 0.3 is 0 Å². The Kier molecular flexibility index (Phi) is 6.92. The Morgan fingerprint density at radius 1 is 0.642 bits per heavy atom. The summed E-state index contributed by atoms with van der Waals surface area (Å²) in [4.78, 5) is 12.1. The molecule has 1 unspecified atom stereocenters. The Balaban J connectivity index is 1.13. The molecule has 9 aromatic rings. The van der Waals surface area contributed by atoms with E-state index in [-0.39, 0.29) is 5.41 Å². The predicted octanol–water partition coefficient (Wildman–Crippen LogP) is 11.9. The smallest absolute Gasteiger partial charge is 0.150 e. The fraction of sp³-hybridized carbons (Fsp3) is 0.106. The van der Waals surface area contributed by atoms with Gasteiger partial charge in [0.2, 0.25) is 0 Å². The third kappa shape index (κ3) is 4.68. The van der Waals surface area contributed by atoms with E-state index in [4.69, 9.17) is 9.97 Å². The van der Waals surface area contributed by atoms with Crippen molar-refractivity contribution in [1.82, 2.24) is 19.1 Å². The summed E-state index contributed by atoms with van der Waals surface area (Å²) < 4.78 is 21.2. The number of fused-ring (bicyclic) bond motifs is 7. The van der Waals surface area contributed by atoms with Gasteiger partial charge in [0, 0.05) is 51.9 Å². The van der Waals surface area contributed by atoms with Gasteiger partial charge in [-0.05, 0) is 83.4 Å². The molecule has 0 amide bonds. The Morgan fingerprint density at radius 2 is 1.36 bits per heavy atom. The van der Waals surface area contributed by atoms with Crippen LogP contribution in [0.4, 0.5) is 21.6 Å². The van der Waals surface area contributed by atoms with Crippen LogP contribution in [-0.4, -0.2) is 19.1 Å². The van der Waals surface area contributed by atoms with Gasteiger partial charge in [0.25, 0.3) is 0 Å². The van der Waals surface area contributed by atoms with E-state index in [1.807, 2.05) is 80.0 Å². The first-order valence-electron chi connectivity index (χ1n) is 18.0. The molecule has 0 N–H and O–H groups in total. The van der Waals surface area contributed by atoms with E-state index in [1.165, 1.54) is 16.3 Å². The number of aryl methyl sites for hydroxylation is 1. The molecule has 6 heteroatoms.